The topological polar surface area (TPSA) is 203 Å². The van der Waals surface area contributed by atoms with Crippen molar-refractivity contribution < 1.29 is 43.2 Å². The molecule has 3 rings (SSSR count). The number of aliphatic hydroxyl groups excluding tert-OH is 1. The Morgan fingerprint density at radius 2 is 1.93 bits per heavy atom. The Labute approximate surface area is 255 Å². The van der Waals surface area contributed by atoms with Crippen LogP contribution in [0.25, 0.3) is 5.52 Å². The van der Waals surface area contributed by atoms with Gasteiger partial charge in [-0.1, -0.05) is 27.7 Å². The van der Waals surface area contributed by atoms with Crippen LogP contribution in [-0.2, 0) is 38.9 Å². The van der Waals surface area contributed by atoms with E-state index in [-0.39, 0.29) is 30.3 Å². The second-order valence-electron chi connectivity index (χ2n) is 11.7. The lowest BCUT2D eigenvalue weighted by Crippen LogP contribution is -2.48. The maximum atomic E-state index is 13.1. The highest BCUT2D eigenvalue weighted by molar-refractivity contribution is 5.93. The number of nitriles is 1. The first-order chi connectivity index (χ1) is 20.7. The smallest absolute Gasteiger partial charge is 0.408 e. The summed E-state index contributed by atoms with van der Waals surface area (Å²) in [5, 5.41) is 31.2. The van der Waals surface area contributed by atoms with Gasteiger partial charge in [0, 0.05) is 12.8 Å². The van der Waals surface area contributed by atoms with Gasteiger partial charge in [-0.05, 0) is 45.2 Å². The molecule has 0 radical (unpaired) electrons. The molecule has 1 aliphatic heterocycles. The Hall–Kier alpha value is -4.29. The van der Waals surface area contributed by atoms with Gasteiger partial charge in [-0.3, -0.25) is 9.59 Å². The van der Waals surface area contributed by atoms with Crippen molar-refractivity contribution in [2.75, 3.05) is 11.9 Å². The first-order valence-electron chi connectivity index (χ1n) is 14.4. The predicted octanol–water partition coefficient (Wildman–Crippen LogP) is 2.36. The molecule has 3 N–H and O–H groups in total. The van der Waals surface area contributed by atoms with E-state index in [0.29, 0.717) is 11.9 Å². The van der Waals surface area contributed by atoms with E-state index in [0.717, 1.165) is 0 Å². The molecule has 1 saturated heterocycles. The van der Waals surface area contributed by atoms with Gasteiger partial charge < -0.3 is 34.7 Å². The first-order valence-corrected chi connectivity index (χ1v) is 14.4. The summed E-state index contributed by atoms with van der Waals surface area (Å²) in [4.78, 5) is 54.1. The van der Waals surface area contributed by atoms with Crippen molar-refractivity contribution in [3.63, 3.8) is 0 Å². The van der Waals surface area contributed by atoms with Crippen molar-refractivity contribution in [2.45, 2.75) is 103 Å². The number of nitrogens with zero attached hydrogens (tertiary/aromatic N) is 4. The number of ether oxygens (including phenoxy) is 4. The van der Waals surface area contributed by atoms with Crippen LogP contribution in [0.5, 0.6) is 0 Å². The molecule has 2 amide bonds. The van der Waals surface area contributed by atoms with Gasteiger partial charge in [-0.2, -0.15) is 10.4 Å². The van der Waals surface area contributed by atoms with Crippen molar-refractivity contribution in [3.05, 3.63) is 24.2 Å². The highest BCUT2D eigenvalue weighted by Crippen LogP contribution is 2.42. The molecule has 0 aliphatic carbocycles. The minimum atomic E-state index is -2.13. The first kappa shape index (κ1) is 34.2. The van der Waals surface area contributed by atoms with Gasteiger partial charge in [0.15, 0.2) is 11.9 Å². The summed E-state index contributed by atoms with van der Waals surface area (Å²) in [6.07, 6.45) is -3.23. The van der Waals surface area contributed by atoms with E-state index in [2.05, 4.69) is 20.7 Å². The zero-order chi connectivity index (χ0) is 32.8. The second-order valence-corrected chi connectivity index (χ2v) is 11.7. The fourth-order valence-corrected chi connectivity index (χ4v) is 4.60. The molecule has 15 nitrogen and oxygen atoms in total. The Kier molecular flexibility index (Phi) is 10.9. The largest absolute Gasteiger partial charge is 0.461 e. The fourth-order valence-electron chi connectivity index (χ4n) is 4.60. The molecule has 1 fully saturated rings. The van der Waals surface area contributed by atoms with Gasteiger partial charge >= 0.3 is 18.0 Å². The summed E-state index contributed by atoms with van der Waals surface area (Å²) in [7, 11) is 0. The quantitative estimate of drug-likeness (QED) is 0.246. The number of hydrogen-bond acceptors (Lipinski definition) is 12. The Morgan fingerprint density at radius 1 is 1.23 bits per heavy atom. The Morgan fingerprint density at radius 3 is 2.52 bits per heavy atom. The molecule has 5 atom stereocenters. The number of fused-ring (bicyclic) bond motifs is 1. The lowest BCUT2D eigenvalue weighted by molar-refractivity contribution is -0.161. The number of esters is 2. The van der Waals surface area contributed by atoms with E-state index in [1.807, 2.05) is 13.0 Å². The zero-order valence-corrected chi connectivity index (χ0v) is 25.9. The number of carbonyl (C=O) groups is 4. The molecule has 44 heavy (non-hydrogen) atoms. The van der Waals surface area contributed by atoms with Crippen LogP contribution >= 0.6 is 0 Å². The number of hydrogen-bond donors (Lipinski definition) is 3. The molecule has 15 heteroatoms. The second kappa shape index (κ2) is 14.0. The molecule has 2 aromatic heterocycles. The molecule has 1 aliphatic rings. The molecular weight excluding hydrogens is 576 g/mol. The highest BCUT2D eigenvalue weighted by Gasteiger charge is 2.60. The molecule has 0 spiro atoms. The normalized spacial score (nSPS) is 22.2. The fraction of sp³-hybridized carbons (Fsp3) is 0.621. The lowest BCUT2D eigenvalue weighted by Gasteiger charge is -2.25. The Bertz CT molecular complexity index is 1410. The van der Waals surface area contributed by atoms with Gasteiger partial charge in [0.05, 0.1) is 5.69 Å². The number of aliphatic hydroxyl groups is 1. The average Bonchev–Trinajstić information content (AvgIpc) is 3.49. The summed E-state index contributed by atoms with van der Waals surface area (Å²) >= 11 is 0. The minimum Gasteiger partial charge on any atom is -0.461 e. The lowest BCUT2D eigenvalue weighted by atomic mass is 9.92. The Balaban J connectivity index is 1.91. The average molecular weight is 617 g/mol. The summed E-state index contributed by atoms with van der Waals surface area (Å²) < 4.78 is 23.6. The SMILES string of the molecule is CCCC(=O)Nc1ncnn2c([C@]3(C#N)O[C@H](COC(=O)[C@@H](NC(=O)OC(C)(C)C)C(C)C)[C@@H](OC(=O)CC)[C@H]3O)ccc12. The van der Waals surface area contributed by atoms with Crippen LogP contribution in [0.1, 0.15) is 73.4 Å². The standard InChI is InChI=1S/C29H40N6O9/c1-8-10-20(36)33-25-17-11-12-19(35(17)32-15-31-25)29(14-30)24(38)23(42-21(37)9-2)18(43-29)13-41-26(39)22(16(3)4)34-27(40)44-28(5,6)7/h11-12,15-16,18,22-24,38H,8-10,13H2,1-7H3,(H,34,40)(H,31,32,33,36)/t18-,22+,23-,24-,29+/m1/s1. The van der Waals surface area contributed by atoms with E-state index >= 15 is 0 Å². The van der Waals surface area contributed by atoms with Crippen molar-refractivity contribution >= 4 is 35.3 Å². The number of alkyl carbamates (subject to hydrolysis) is 1. The highest BCUT2D eigenvalue weighted by atomic mass is 16.6. The number of aromatic nitrogens is 3. The van der Waals surface area contributed by atoms with Gasteiger partial charge in [-0.25, -0.2) is 19.1 Å². The molecule has 0 saturated carbocycles. The number of carbonyl (C=O) groups excluding carboxylic acids is 4. The van der Waals surface area contributed by atoms with Crippen molar-refractivity contribution in [1.29, 1.82) is 5.26 Å². The maximum Gasteiger partial charge on any atom is 0.408 e. The minimum absolute atomic E-state index is 0.0351. The van der Waals surface area contributed by atoms with Crippen LogP contribution in [0.15, 0.2) is 18.5 Å². The molecule has 0 aromatic carbocycles. The number of amides is 2. The van der Waals surface area contributed by atoms with Crippen molar-refractivity contribution in [1.82, 2.24) is 19.9 Å². The third-order valence-electron chi connectivity index (χ3n) is 6.70. The van der Waals surface area contributed by atoms with Crippen LogP contribution in [0, 0.1) is 17.2 Å². The van der Waals surface area contributed by atoms with Crippen LogP contribution in [-0.4, -0.2) is 80.2 Å². The van der Waals surface area contributed by atoms with E-state index in [9.17, 15) is 29.5 Å². The van der Waals surface area contributed by atoms with Gasteiger partial charge in [0.2, 0.25) is 11.5 Å². The number of anilines is 1. The maximum absolute atomic E-state index is 13.1. The van der Waals surface area contributed by atoms with E-state index in [4.69, 9.17) is 18.9 Å². The summed E-state index contributed by atoms with van der Waals surface area (Å²) in [6, 6.07) is 3.90. The molecule has 3 heterocycles. The molecule has 0 unspecified atom stereocenters. The summed E-state index contributed by atoms with van der Waals surface area (Å²) in [6.45, 7) is 11.3. The van der Waals surface area contributed by atoms with Crippen LogP contribution in [0.4, 0.5) is 10.6 Å². The van der Waals surface area contributed by atoms with E-state index < -0.39 is 66.1 Å². The molecular formula is C29H40N6O9. The van der Waals surface area contributed by atoms with Crippen molar-refractivity contribution in [3.8, 4) is 6.07 Å². The van der Waals surface area contributed by atoms with Gasteiger partial charge in [-0.15, -0.1) is 0 Å². The zero-order valence-electron chi connectivity index (χ0n) is 25.9. The third-order valence-corrected chi connectivity index (χ3v) is 6.70. The van der Waals surface area contributed by atoms with E-state index in [1.165, 1.54) is 16.9 Å². The van der Waals surface area contributed by atoms with Gasteiger partial charge in [0.25, 0.3) is 0 Å². The summed E-state index contributed by atoms with van der Waals surface area (Å²) in [5.74, 6) is -1.99. The summed E-state index contributed by atoms with van der Waals surface area (Å²) in [5.41, 5.74) is -2.54. The van der Waals surface area contributed by atoms with Crippen molar-refractivity contribution in [2.24, 2.45) is 5.92 Å². The van der Waals surface area contributed by atoms with Crippen LogP contribution in [0.3, 0.4) is 0 Å². The number of rotatable bonds is 11. The molecule has 2 aromatic rings. The number of nitrogens with one attached hydrogen (secondary N) is 2. The van der Waals surface area contributed by atoms with Gasteiger partial charge in [0.1, 0.15) is 48.4 Å². The van der Waals surface area contributed by atoms with Crippen LogP contribution in [0.2, 0.25) is 0 Å². The molecule has 0 bridgehead atoms. The van der Waals surface area contributed by atoms with E-state index in [1.54, 1.807) is 47.6 Å². The molecule has 240 valence electrons. The third kappa shape index (κ3) is 7.61. The predicted molar refractivity (Wildman–Crippen MR) is 154 cm³/mol. The van der Waals surface area contributed by atoms with Crippen LogP contribution < -0.4 is 10.6 Å². The monoisotopic (exact) mass is 616 g/mol.